The van der Waals surface area contributed by atoms with Crippen molar-refractivity contribution in [2.24, 2.45) is 7.05 Å². The summed E-state index contributed by atoms with van der Waals surface area (Å²) >= 11 is 1.74. The fourth-order valence-corrected chi connectivity index (χ4v) is 3.74. The summed E-state index contributed by atoms with van der Waals surface area (Å²) in [4.78, 5) is 10.0. The molecular formula is C19H19N5S. The van der Waals surface area contributed by atoms with Crippen LogP contribution >= 0.6 is 11.3 Å². The predicted molar refractivity (Wildman–Crippen MR) is 102 cm³/mol. The third-order valence-electron chi connectivity index (χ3n) is 4.36. The molecule has 5 nitrogen and oxygen atoms in total. The first-order chi connectivity index (χ1) is 12.3. The number of rotatable bonds is 5. The summed E-state index contributed by atoms with van der Waals surface area (Å²) in [7, 11) is 1.89. The molecule has 0 aliphatic carbocycles. The molecule has 3 heterocycles. The fourth-order valence-electron chi connectivity index (χ4n) is 2.93. The Hall–Kier alpha value is -2.73. The van der Waals surface area contributed by atoms with Crippen molar-refractivity contribution in [3.05, 3.63) is 70.3 Å². The van der Waals surface area contributed by atoms with E-state index in [0.717, 1.165) is 23.3 Å². The molecule has 25 heavy (non-hydrogen) atoms. The van der Waals surface area contributed by atoms with Crippen molar-refractivity contribution in [1.82, 2.24) is 19.7 Å². The van der Waals surface area contributed by atoms with Gasteiger partial charge in [-0.3, -0.25) is 4.68 Å². The number of nitrogens with one attached hydrogen (secondary N) is 1. The molecule has 4 rings (SSSR count). The maximum Gasteiger partial charge on any atom is 0.163 e. The molecule has 0 unspecified atom stereocenters. The third kappa shape index (κ3) is 3.00. The van der Waals surface area contributed by atoms with Crippen molar-refractivity contribution in [2.75, 3.05) is 5.32 Å². The Morgan fingerprint density at radius 2 is 2.00 bits per heavy atom. The lowest BCUT2D eigenvalue weighted by molar-refractivity contribution is 0.785. The molecule has 6 heteroatoms. The zero-order chi connectivity index (χ0) is 17.2. The van der Waals surface area contributed by atoms with Gasteiger partial charge in [0.05, 0.1) is 17.6 Å². The van der Waals surface area contributed by atoms with E-state index in [1.807, 2.05) is 13.2 Å². The Balaban J connectivity index is 1.75. The minimum absolute atomic E-state index is 0.0456. The SMILES string of the molecule is CCc1ccc([C@H](Nc2ncnc3c2cnn3C)c2cccs2)cc1. The van der Waals surface area contributed by atoms with Crippen LogP contribution in [0.2, 0.25) is 0 Å². The molecule has 0 radical (unpaired) electrons. The van der Waals surface area contributed by atoms with Gasteiger partial charge in [-0.1, -0.05) is 37.3 Å². The number of benzene rings is 1. The molecular weight excluding hydrogens is 330 g/mol. The van der Waals surface area contributed by atoms with Crippen molar-refractivity contribution < 1.29 is 0 Å². The van der Waals surface area contributed by atoms with Crippen LogP contribution in [0.25, 0.3) is 11.0 Å². The lowest BCUT2D eigenvalue weighted by Gasteiger charge is -2.19. The highest BCUT2D eigenvalue weighted by Gasteiger charge is 2.18. The lowest BCUT2D eigenvalue weighted by Crippen LogP contribution is -2.12. The predicted octanol–water partition coefficient (Wildman–Crippen LogP) is 4.19. The highest BCUT2D eigenvalue weighted by molar-refractivity contribution is 7.10. The van der Waals surface area contributed by atoms with Gasteiger partial charge in [-0.15, -0.1) is 11.3 Å². The van der Waals surface area contributed by atoms with Gasteiger partial charge < -0.3 is 5.32 Å². The number of aryl methyl sites for hydroxylation is 2. The van der Waals surface area contributed by atoms with Gasteiger partial charge in [0.15, 0.2) is 5.65 Å². The smallest absolute Gasteiger partial charge is 0.163 e. The molecule has 126 valence electrons. The lowest BCUT2D eigenvalue weighted by atomic mass is 10.0. The van der Waals surface area contributed by atoms with Gasteiger partial charge in [0.1, 0.15) is 12.1 Å². The molecule has 0 saturated carbocycles. The summed E-state index contributed by atoms with van der Waals surface area (Å²) in [5, 5.41) is 10.9. The number of thiophene rings is 1. The van der Waals surface area contributed by atoms with Crippen LogP contribution in [0.15, 0.2) is 54.3 Å². The highest BCUT2D eigenvalue weighted by atomic mass is 32.1. The zero-order valence-electron chi connectivity index (χ0n) is 14.2. The van der Waals surface area contributed by atoms with Crippen molar-refractivity contribution in [2.45, 2.75) is 19.4 Å². The topological polar surface area (TPSA) is 55.6 Å². The molecule has 0 aliphatic heterocycles. The molecule has 1 N–H and O–H groups in total. The normalized spacial score (nSPS) is 12.4. The van der Waals surface area contributed by atoms with Gasteiger partial charge in [-0.2, -0.15) is 5.10 Å². The number of nitrogens with zero attached hydrogens (tertiary/aromatic N) is 4. The maximum atomic E-state index is 4.46. The Kier molecular flexibility index (Phi) is 4.19. The first-order valence-corrected chi connectivity index (χ1v) is 9.15. The van der Waals surface area contributed by atoms with E-state index in [1.165, 1.54) is 16.0 Å². The van der Waals surface area contributed by atoms with E-state index in [1.54, 1.807) is 22.3 Å². The average Bonchev–Trinajstić information content (AvgIpc) is 3.31. The first-order valence-electron chi connectivity index (χ1n) is 8.27. The second kappa shape index (κ2) is 6.64. The highest BCUT2D eigenvalue weighted by Crippen LogP contribution is 2.31. The number of anilines is 1. The molecule has 4 aromatic rings. The largest absolute Gasteiger partial charge is 0.358 e. The van der Waals surface area contributed by atoms with Crippen LogP contribution in [0.5, 0.6) is 0 Å². The Morgan fingerprint density at radius 3 is 2.72 bits per heavy atom. The number of fused-ring (bicyclic) bond motifs is 1. The Labute approximate surface area is 150 Å². The van der Waals surface area contributed by atoms with Gasteiger partial charge in [0, 0.05) is 11.9 Å². The molecule has 3 aromatic heterocycles. The van der Waals surface area contributed by atoms with E-state index < -0.39 is 0 Å². The summed E-state index contributed by atoms with van der Waals surface area (Å²) in [5.41, 5.74) is 3.38. The summed E-state index contributed by atoms with van der Waals surface area (Å²) < 4.78 is 1.76. The van der Waals surface area contributed by atoms with Crippen LogP contribution in [-0.2, 0) is 13.5 Å². The fraction of sp³-hybridized carbons (Fsp3) is 0.211. The minimum Gasteiger partial charge on any atom is -0.358 e. The molecule has 0 fully saturated rings. The van der Waals surface area contributed by atoms with Crippen molar-refractivity contribution >= 4 is 28.2 Å². The van der Waals surface area contributed by atoms with Crippen molar-refractivity contribution in [3.63, 3.8) is 0 Å². The van der Waals surface area contributed by atoms with E-state index in [9.17, 15) is 0 Å². The zero-order valence-corrected chi connectivity index (χ0v) is 15.0. The second-order valence-corrected chi connectivity index (χ2v) is 6.89. The van der Waals surface area contributed by atoms with Gasteiger partial charge in [-0.25, -0.2) is 9.97 Å². The van der Waals surface area contributed by atoms with Crippen LogP contribution in [0.4, 0.5) is 5.82 Å². The number of hydrogen-bond acceptors (Lipinski definition) is 5. The minimum atomic E-state index is 0.0456. The van der Waals surface area contributed by atoms with Crippen LogP contribution in [0, 0.1) is 0 Å². The molecule has 1 atom stereocenters. The summed E-state index contributed by atoms with van der Waals surface area (Å²) in [6.45, 7) is 2.17. The van der Waals surface area contributed by atoms with E-state index in [-0.39, 0.29) is 6.04 Å². The third-order valence-corrected chi connectivity index (χ3v) is 5.30. The van der Waals surface area contributed by atoms with Crippen molar-refractivity contribution in [3.8, 4) is 0 Å². The Morgan fingerprint density at radius 1 is 1.16 bits per heavy atom. The standard InChI is InChI=1S/C19H19N5S/c1-3-13-6-8-14(9-7-13)17(16-5-4-10-25-16)23-18-15-11-22-24(2)19(15)21-12-20-18/h4-12,17H,3H2,1-2H3,(H,20,21,23)/t17-/m0/s1. The van der Waals surface area contributed by atoms with Crippen LogP contribution in [0.3, 0.4) is 0 Å². The molecule has 0 aliphatic rings. The number of aromatic nitrogens is 4. The monoisotopic (exact) mass is 349 g/mol. The summed E-state index contributed by atoms with van der Waals surface area (Å²) in [6.07, 6.45) is 4.43. The quantitative estimate of drug-likeness (QED) is 0.587. The molecule has 1 aromatic carbocycles. The van der Waals surface area contributed by atoms with E-state index >= 15 is 0 Å². The molecule has 0 amide bonds. The number of hydrogen-bond donors (Lipinski definition) is 1. The molecule has 0 spiro atoms. The first kappa shape index (κ1) is 15.8. The molecule has 0 saturated heterocycles. The van der Waals surface area contributed by atoms with Crippen LogP contribution in [0.1, 0.15) is 29.0 Å². The summed E-state index contributed by atoms with van der Waals surface area (Å²) in [5.74, 6) is 0.802. The Bertz CT molecular complexity index is 973. The summed E-state index contributed by atoms with van der Waals surface area (Å²) in [6, 6.07) is 13.0. The van der Waals surface area contributed by atoms with Gasteiger partial charge in [-0.05, 0) is 29.0 Å². The van der Waals surface area contributed by atoms with Crippen molar-refractivity contribution in [1.29, 1.82) is 0 Å². The van der Waals surface area contributed by atoms with Gasteiger partial charge >= 0.3 is 0 Å². The van der Waals surface area contributed by atoms with E-state index in [2.05, 4.69) is 69.1 Å². The van der Waals surface area contributed by atoms with Gasteiger partial charge in [0.2, 0.25) is 0 Å². The van der Waals surface area contributed by atoms with Crippen LogP contribution in [-0.4, -0.2) is 19.7 Å². The van der Waals surface area contributed by atoms with E-state index in [4.69, 9.17) is 0 Å². The van der Waals surface area contributed by atoms with Gasteiger partial charge in [0.25, 0.3) is 0 Å². The maximum absolute atomic E-state index is 4.46. The van der Waals surface area contributed by atoms with Crippen LogP contribution < -0.4 is 5.32 Å². The molecule has 0 bridgehead atoms. The van der Waals surface area contributed by atoms with E-state index in [0.29, 0.717) is 0 Å². The second-order valence-electron chi connectivity index (χ2n) is 5.92. The average molecular weight is 349 g/mol.